The van der Waals surface area contributed by atoms with Gasteiger partial charge in [-0.25, -0.2) is 4.79 Å². The van der Waals surface area contributed by atoms with Crippen molar-refractivity contribution in [2.75, 3.05) is 13.7 Å². The second kappa shape index (κ2) is 2.72. The highest BCUT2D eigenvalue weighted by Gasteiger charge is 2.35. The molecule has 0 bridgehead atoms. The Labute approximate surface area is 67.3 Å². The van der Waals surface area contributed by atoms with Gasteiger partial charge in [-0.3, -0.25) is 0 Å². The lowest BCUT2D eigenvalue weighted by atomic mass is 10.0. The Bertz CT molecular complexity index is 165. The fourth-order valence-corrected chi connectivity index (χ4v) is 1.56. The zero-order chi connectivity index (χ0) is 8.48. The van der Waals surface area contributed by atoms with Crippen LogP contribution in [0.2, 0.25) is 0 Å². The number of hydrogen-bond donors (Lipinski definition) is 0. The first-order chi connectivity index (χ1) is 5.08. The van der Waals surface area contributed by atoms with Crippen molar-refractivity contribution in [1.29, 1.82) is 0 Å². The van der Waals surface area contributed by atoms with Crippen LogP contribution in [-0.4, -0.2) is 30.2 Å². The van der Waals surface area contributed by atoms with E-state index in [0.717, 1.165) is 19.4 Å². The standard InChI is InChI=1S/C8H15NO2/c1-8(2)5-4-6-9(8)7(10)11-3/h4-6H2,1-3H3. The fraction of sp³-hybridized carbons (Fsp3) is 0.875. The van der Waals surface area contributed by atoms with E-state index in [1.807, 2.05) is 0 Å². The van der Waals surface area contributed by atoms with E-state index in [4.69, 9.17) is 0 Å². The van der Waals surface area contributed by atoms with Crippen LogP contribution in [0.4, 0.5) is 4.79 Å². The minimum absolute atomic E-state index is 0.00685. The lowest BCUT2D eigenvalue weighted by molar-refractivity contribution is 0.0985. The molecule has 0 spiro atoms. The molecular formula is C8H15NO2. The minimum Gasteiger partial charge on any atom is -0.453 e. The summed E-state index contributed by atoms with van der Waals surface area (Å²) >= 11 is 0. The molecule has 64 valence electrons. The summed E-state index contributed by atoms with van der Waals surface area (Å²) < 4.78 is 4.66. The number of likely N-dealkylation sites (tertiary alicyclic amines) is 1. The summed E-state index contributed by atoms with van der Waals surface area (Å²) in [6.45, 7) is 4.97. The molecule has 0 atom stereocenters. The first kappa shape index (κ1) is 8.37. The van der Waals surface area contributed by atoms with E-state index in [1.54, 1.807) is 4.90 Å². The van der Waals surface area contributed by atoms with Crippen molar-refractivity contribution in [1.82, 2.24) is 4.90 Å². The van der Waals surface area contributed by atoms with Gasteiger partial charge in [0.1, 0.15) is 0 Å². The second-order valence-electron chi connectivity index (χ2n) is 3.54. The van der Waals surface area contributed by atoms with Crippen molar-refractivity contribution in [2.24, 2.45) is 0 Å². The van der Waals surface area contributed by atoms with Crippen LogP contribution in [0.3, 0.4) is 0 Å². The topological polar surface area (TPSA) is 29.5 Å². The smallest absolute Gasteiger partial charge is 0.409 e. The highest BCUT2D eigenvalue weighted by molar-refractivity contribution is 5.68. The molecule has 0 aromatic heterocycles. The minimum atomic E-state index is -0.201. The van der Waals surface area contributed by atoms with E-state index in [0.29, 0.717) is 0 Å². The number of ether oxygens (including phenoxy) is 1. The quantitative estimate of drug-likeness (QED) is 0.535. The SMILES string of the molecule is COC(=O)N1CCCC1(C)C. The number of carbonyl (C=O) groups excluding carboxylic acids is 1. The highest BCUT2D eigenvalue weighted by Crippen LogP contribution is 2.28. The number of nitrogens with zero attached hydrogens (tertiary/aromatic N) is 1. The summed E-state index contributed by atoms with van der Waals surface area (Å²) in [5, 5.41) is 0. The molecule has 1 rings (SSSR count). The van der Waals surface area contributed by atoms with Crippen LogP contribution >= 0.6 is 0 Å². The van der Waals surface area contributed by atoms with Crippen LogP contribution in [0.15, 0.2) is 0 Å². The molecule has 0 aromatic rings. The third-order valence-electron chi connectivity index (χ3n) is 2.30. The van der Waals surface area contributed by atoms with Gasteiger partial charge < -0.3 is 9.64 Å². The summed E-state index contributed by atoms with van der Waals surface area (Å²) in [5.74, 6) is 0. The van der Waals surface area contributed by atoms with Gasteiger partial charge in [-0.1, -0.05) is 0 Å². The van der Waals surface area contributed by atoms with Crippen molar-refractivity contribution < 1.29 is 9.53 Å². The average Bonchev–Trinajstić information content (AvgIpc) is 2.28. The Hall–Kier alpha value is -0.730. The molecule has 0 aromatic carbocycles. The number of methoxy groups -OCH3 is 1. The lowest BCUT2D eigenvalue weighted by Crippen LogP contribution is -2.42. The molecule has 0 radical (unpaired) electrons. The Morgan fingerprint density at radius 3 is 2.55 bits per heavy atom. The summed E-state index contributed by atoms with van der Waals surface area (Å²) in [5.41, 5.74) is -0.00685. The predicted molar refractivity (Wildman–Crippen MR) is 42.4 cm³/mol. The molecule has 1 saturated heterocycles. The van der Waals surface area contributed by atoms with Crippen molar-refractivity contribution in [2.45, 2.75) is 32.2 Å². The van der Waals surface area contributed by atoms with E-state index < -0.39 is 0 Å². The normalized spacial score (nSPS) is 21.9. The molecule has 1 aliphatic heterocycles. The van der Waals surface area contributed by atoms with E-state index in [9.17, 15) is 4.79 Å². The van der Waals surface area contributed by atoms with Crippen LogP contribution in [0, 0.1) is 0 Å². The lowest BCUT2D eigenvalue weighted by Gasteiger charge is -2.29. The van der Waals surface area contributed by atoms with Crippen LogP contribution in [0.25, 0.3) is 0 Å². The van der Waals surface area contributed by atoms with E-state index in [2.05, 4.69) is 18.6 Å². The molecule has 0 N–H and O–H groups in total. The van der Waals surface area contributed by atoms with Crippen molar-refractivity contribution in [3.63, 3.8) is 0 Å². The second-order valence-corrected chi connectivity index (χ2v) is 3.54. The van der Waals surface area contributed by atoms with Gasteiger partial charge in [-0.05, 0) is 26.7 Å². The molecule has 0 saturated carbocycles. The molecule has 3 nitrogen and oxygen atoms in total. The average molecular weight is 157 g/mol. The van der Waals surface area contributed by atoms with Crippen LogP contribution in [0.1, 0.15) is 26.7 Å². The molecule has 1 amide bonds. The number of carbonyl (C=O) groups is 1. The molecule has 11 heavy (non-hydrogen) atoms. The number of amides is 1. The molecule has 0 unspecified atom stereocenters. The fourth-order valence-electron chi connectivity index (χ4n) is 1.56. The molecule has 1 heterocycles. The first-order valence-electron chi connectivity index (χ1n) is 3.93. The summed E-state index contributed by atoms with van der Waals surface area (Å²) in [4.78, 5) is 12.9. The van der Waals surface area contributed by atoms with Crippen molar-refractivity contribution in [3.8, 4) is 0 Å². The van der Waals surface area contributed by atoms with E-state index in [1.165, 1.54) is 7.11 Å². The monoisotopic (exact) mass is 157 g/mol. The maximum absolute atomic E-state index is 11.1. The predicted octanol–water partition coefficient (Wildman–Crippen LogP) is 1.63. The summed E-state index contributed by atoms with van der Waals surface area (Å²) in [6, 6.07) is 0. The summed E-state index contributed by atoms with van der Waals surface area (Å²) in [7, 11) is 1.43. The van der Waals surface area contributed by atoms with Crippen LogP contribution in [-0.2, 0) is 4.74 Å². The van der Waals surface area contributed by atoms with Gasteiger partial charge in [0.15, 0.2) is 0 Å². The highest BCUT2D eigenvalue weighted by atomic mass is 16.5. The van der Waals surface area contributed by atoms with Gasteiger partial charge in [0.25, 0.3) is 0 Å². The maximum Gasteiger partial charge on any atom is 0.409 e. The van der Waals surface area contributed by atoms with Gasteiger partial charge in [-0.2, -0.15) is 0 Å². The van der Waals surface area contributed by atoms with Crippen LogP contribution in [0.5, 0.6) is 0 Å². The van der Waals surface area contributed by atoms with Crippen molar-refractivity contribution >= 4 is 6.09 Å². The molecular weight excluding hydrogens is 142 g/mol. The van der Waals surface area contributed by atoms with Gasteiger partial charge in [0.05, 0.1) is 7.11 Å². The molecule has 1 aliphatic rings. The van der Waals surface area contributed by atoms with E-state index >= 15 is 0 Å². The molecule has 0 aliphatic carbocycles. The summed E-state index contributed by atoms with van der Waals surface area (Å²) in [6.07, 6.45) is 1.96. The molecule has 3 heteroatoms. The maximum atomic E-state index is 11.1. The van der Waals surface area contributed by atoms with Gasteiger partial charge in [-0.15, -0.1) is 0 Å². The Morgan fingerprint density at radius 1 is 1.55 bits per heavy atom. The third kappa shape index (κ3) is 1.47. The van der Waals surface area contributed by atoms with E-state index in [-0.39, 0.29) is 11.6 Å². The zero-order valence-electron chi connectivity index (χ0n) is 7.39. The number of rotatable bonds is 0. The van der Waals surface area contributed by atoms with Gasteiger partial charge >= 0.3 is 6.09 Å². The zero-order valence-corrected chi connectivity index (χ0v) is 7.39. The van der Waals surface area contributed by atoms with Crippen LogP contribution < -0.4 is 0 Å². The van der Waals surface area contributed by atoms with Crippen molar-refractivity contribution in [3.05, 3.63) is 0 Å². The van der Waals surface area contributed by atoms with Gasteiger partial charge in [0.2, 0.25) is 0 Å². The molecule has 1 fully saturated rings. The third-order valence-corrected chi connectivity index (χ3v) is 2.30. The first-order valence-corrected chi connectivity index (χ1v) is 3.93. The number of hydrogen-bond acceptors (Lipinski definition) is 2. The Balaban J connectivity index is 2.64. The Kier molecular flexibility index (Phi) is 2.07. The van der Waals surface area contributed by atoms with Gasteiger partial charge in [0, 0.05) is 12.1 Å². The largest absolute Gasteiger partial charge is 0.453 e. The Morgan fingerprint density at radius 2 is 2.18 bits per heavy atom.